The van der Waals surface area contributed by atoms with Gasteiger partial charge in [-0.1, -0.05) is 13.8 Å². The topological polar surface area (TPSA) is 87.9 Å². The van der Waals surface area contributed by atoms with Crippen molar-refractivity contribution in [3.8, 4) is 0 Å². The molecule has 0 bridgehead atoms. The van der Waals surface area contributed by atoms with E-state index in [0.717, 1.165) is 6.54 Å². The van der Waals surface area contributed by atoms with E-state index in [2.05, 4.69) is 19.3 Å². The van der Waals surface area contributed by atoms with E-state index in [-0.39, 0.29) is 5.84 Å². The average molecular weight is 146 g/mol. The lowest BCUT2D eigenvalue weighted by molar-refractivity contribution is 0.568. The predicted octanol–water partition coefficient (Wildman–Crippen LogP) is 0.0480. The maximum atomic E-state index is 6.28. The quantitative estimate of drug-likeness (QED) is 0.192. The van der Waals surface area contributed by atoms with Gasteiger partial charge in [0.2, 0.25) is 0 Å². The van der Waals surface area contributed by atoms with Crippen molar-refractivity contribution in [1.29, 1.82) is 5.41 Å². The van der Waals surface area contributed by atoms with E-state index >= 15 is 0 Å². The van der Waals surface area contributed by atoms with Gasteiger partial charge in [-0.2, -0.15) is 0 Å². The Bertz CT molecular complexity index is 75.8. The van der Waals surface area contributed by atoms with Crippen LogP contribution in [0.4, 0.5) is 0 Å². The molecule has 0 fully saturated rings. The highest BCUT2D eigenvalue weighted by Crippen LogP contribution is 1.83. The fraction of sp³-hybridized carbons (Fsp3) is 0.833. The standard InChI is InChI=1S/C4H12N2.C2H6N2/c1-4(2)3-6-5;1-2(3)4/h4,6H,3,5H2,1-2H3;1H3,(H3,3,4). The molecule has 0 radical (unpaired) electrons. The molecule has 0 aromatic rings. The molecule has 0 rings (SSSR count). The molecular formula is C6H18N4. The van der Waals surface area contributed by atoms with E-state index < -0.39 is 0 Å². The predicted molar refractivity (Wildman–Crippen MR) is 44.6 cm³/mol. The van der Waals surface area contributed by atoms with Crippen LogP contribution >= 0.6 is 0 Å². The van der Waals surface area contributed by atoms with Crippen LogP contribution in [0.25, 0.3) is 0 Å². The van der Waals surface area contributed by atoms with Crippen LogP contribution in [0.3, 0.4) is 0 Å². The van der Waals surface area contributed by atoms with Crippen LogP contribution in [0, 0.1) is 11.3 Å². The molecule has 4 heteroatoms. The van der Waals surface area contributed by atoms with Crippen molar-refractivity contribution in [3.63, 3.8) is 0 Å². The first-order valence-electron chi connectivity index (χ1n) is 3.24. The summed E-state index contributed by atoms with van der Waals surface area (Å²) in [6.07, 6.45) is 0. The van der Waals surface area contributed by atoms with Crippen molar-refractivity contribution in [3.05, 3.63) is 0 Å². The highest BCUT2D eigenvalue weighted by Gasteiger charge is 1.84. The van der Waals surface area contributed by atoms with Gasteiger partial charge in [-0.15, -0.1) is 0 Å². The lowest BCUT2D eigenvalue weighted by atomic mass is 10.2. The molecule has 0 unspecified atom stereocenters. The highest BCUT2D eigenvalue weighted by atomic mass is 15.2. The molecule has 0 spiro atoms. The molecule has 0 aromatic heterocycles. The van der Waals surface area contributed by atoms with E-state index in [4.69, 9.17) is 17.0 Å². The van der Waals surface area contributed by atoms with Gasteiger partial charge in [0.05, 0.1) is 5.84 Å². The Morgan fingerprint density at radius 3 is 1.90 bits per heavy atom. The Hall–Kier alpha value is -0.610. The number of hydrogen-bond acceptors (Lipinski definition) is 3. The number of nitrogens with one attached hydrogen (secondary N) is 2. The molecule has 0 aliphatic carbocycles. The maximum absolute atomic E-state index is 6.28. The van der Waals surface area contributed by atoms with Crippen molar-refractivity contribution in [2.24, 2.45) is 17.5 Å². The first-order chi connectivity index (χ1) is 4.50. The zero-order valence-electron chi connectivity index (χ0n) is 6.94. The highest BCUT2D eigenvalue weighted by molar-refractivity contribution is 5.73. The largest absolute Gasteiger partial charge is 0.388 e. The maximum Gasteiger partial charge on any atom is 0.0873 e. The van der Waals surface area contributed by atoms with E-state index in [1.807, 2.05) is 0 Å². The van der Waals surface area contributed by atoms with Crippen LogP contribution in [0.1, 0.15) is 20.8 Å². The summed E-state index contributed by atoms with van der Waals surface area (Å²) in [4.78, 5) is 0. The summed E-state index contributed by atoms with van der Waals surface area (Å²) in [7, 11) is 0. The fourth-order valence-electron chi connectivity index (χ4n) is 0.236. The summed E-state index contributed by atoms with van der Waals surface area (Å²) >= 11 is 0. The summed E-state index contributed by atoms with van der Waals surface area (Å²) in [6, 6.07) is 0. The second-order valence-electron chi connectivity index (χ2n) is 2.49. The monoisotopic (exact) mass is 146 g/mol. The number of hydrogen-bond donors (Lipinski definition) is 4. The van der Waals surface area contributed by atoms with E-state index in [0.29, 0.717) is 5.92 Å². The van der Waals surface area contributed by atoms with Gasteiger partial charge in [-0.05, 0) is 12.8 Å². The molecule has 6 N–H and O–H groups in total. The smallest absolute Gasteiger partial charge is 0.0873 e. The van der Waals surface area contributed by atoms with Crippen LogP contribution in [-0.4, -0.2) is 12.4 Å². The third kappa shape index (κ3) is 52.8. The number of nitrogens with two attached hydrogens (primary N) is 2. The Labute approximate surface area is 62.5 Å². The summed E-state index contributed by atoms with van der Waals surface area (Å²) in [5, 5.41) is 6.28. The lowest BCUT2D eigenvalue weighted by Gasteiger charge is -1.98. The number of amidine groups is 1. The summed E-state index contributed by atoms with van der Waals surface area (Å²) in [5.74, 6) is 5.81. The van der Waals surface area contributed by atoms with Crippen molar-refractivity contribution in [2.45, 2.75) is 20.8 Å². The summed E-state index contributed by atoms with van der Waals surface area (Å²) in [5.41, 5.74) is 7.26. The normalized spacial score (nSPS) is 8.50. The van der Waals surface area contributed by atoms with Gasteiger partial charge in [0.1, 0.15) is 0 Å². The van der Waals surface area contributed by atoms with Crippen LogP contribution in [-0.2, 0) is 0 Å². The molecule has 0 atom stereocenters. The third-order valence-electron chi connectivity index (χ3n) is 0.526. The van der Waals surface area contributed by atoms with Crippen LogP contribution in [0.2, 0.25) is 0 Å². The first kappa shape index (κ1) is 12.1. The summed E-state index contributed by atoms with van der Waals surface area (Å²) < 4.78 is 0. The Morgan fingerprint density at radius 2 is 1.90 bits per heavy atom. The van der Waals surface area contributed by atoms with Crippen LogP contribution < -0.4 is 17.0 Å². The van der Waals surface area contributed by atoms with Gasteiger partial charge < -0.3 is 5.73 Å². The minimum Gasteiger partial charge on any atom is -0.388 e. The van der Waals surface area contributed by atoms with Crippen LogP contribution in [0.5, 0.6) is 0 Å². The van der Waals surface area contributed by atoms with Gasteiger partial charge in [0.15, 0.2) is 0 Å². The average Bonchev–Trinajstić information content (AvgIpc) is 1.62. The third-order valence-corrected chi connectivity index (χ3v) is 0.526. The Morgan fingerprint density at radius 1 is 1.60 bits per heavy atom. The molecule has 0 saturated carbocycles. The molecule has 62 valence electrons. The molecule has 0 aliphatic rings. The molecule has 4 nitrogen and oxygen atoms in total. The number of rotatable bonds is 2. The lowest BCUT2D eigenvalue weighted by Crippen LogP contribution is -2.26. The van der Waals surface area contributed by atoms with Crippen molar-refractivity contribution >= 4 is 5.84 Å². The molecule has 0 heterocycles. The minimum atomic E-state index is 0.167. The van der Waals surface area contributed by atoms with Crippen LogP contribution in [0.15, 0.2) is 0 Å². The van der Waals surface area contributed by atoms with Gasteiger partial charge in [-0.25, -0.2) is 0 Å². The summed E-state index contributed by atoms with van der Waals surface area (Å²) in [6.45, 7) is 6.65. The number of hydrazine groups is 1. The van der Waals surface area contributed by atoms with Crippen molar-refractivity contribution < 1.29 is 0 Å². The second-order valence-corrected chi connectivity index (χ2v) is 2.49. The van der Waals surface area contributed by atoms with Crippen molar-refractivity contribution in [2.75, 3.05) is 6.54 Å². The molecule has 0 aliphatic heterocycles. The molecule has 0 saturated heterocycles. The van der Waals surface area contributed by atoms with E-state index in [1.54, 1.807) is 0 Å². The minimum absolute atomic E-state index is 0.167. The van der Waals surface area contributed by atoms with E-state index in [9.17, 15) is 0 Å². The first-order valence-corrected chi connectivity index (χ1v) is 3.24. The second kappa shape index (κ2) is 8.39. The zero-order chi connectivity index (χ0) is 8.57. The Balaban J connectivity index is 0. The van der Waals surface area contributed by atoms with Gasteiger partial charge in [-0.3, -0.25) is 16.7 Å². The van der Waals surface area contributed by atoms with Crippen molar-refractivity contribution in [1.82, 2.24) is 5.43 Å². The fourth-order valence-corrected chi connectivity index (χ4v) is 0.236. The SMILES string of the molecule is CC(=N)N.CC(C)CNN. The van der Waals surface area contributed by atoms with Gasteiger partial charge in [0, 0.05) is 6.54 Å². The van der Waals surface area contributed by atoms with Gasteiger partial charge >= 0.3 is 0 Å². The van der Waals surface area contributed by atoms with Gasteiger partial charge in [0.25, 0.3) is 0 Å². The molecular weight excluding hydrogens is 128 g/mol. The molecule has 0 amide bonds. The molecule has 10 heavy (non-hydrogen) atoms. The Kier molecular flexibility index (Phi) is 10.2. The zero-order valence-corrected chi connectivity index (χ0v) is 6.94. The molecule has 0 aromatic carbocycles. The van der Waals surface area contributed by atoms with E-state index in [1.165, 1.54) is 6.92 Å².